The second kappa shape index (κ2) is 5.95. The number of carbonyl (C=O) groups is 1. The van der Waals surface area contributed by atoms with Gasteiger partial charge in [0.15, 0.2) is 6.29 Å². The third-order valence-corrected chi connectivity index (χ3v) is 2.78. The standard InChI is InChI=1S/C15H10F4O2/c16-14-11(8-20)6-7-12(13(14)15(17,18)19)21-9-10-4-2-1-3-5-10/h1-8H,9H2. The molecule has 2 aromatic carbocycles. The highest BCUT2D eigenvalue weighted by atomic mass is 19.4. The van der Waals surface area contributed by atoms with Crippen LogP contribution in [0.1, 0.15) is 21.5 Å². The van der Waals surface area contributed by atoms with Crippen molar-refractivity contribution in [3.05, 3.63) is 65.0 Å². The molecule has 0 radical (unpaired) electrons. The summed E-state index contributed by atoms with van der Waals surface area (Å²) in [6.45, 7) is -0.135. The lowest BCUT2D eigenvalue weighted by Crippen LogP contribution is -2.13. The molecule has 0 aliphatic heterocycles. The van der Waals surface area contributed by atoms with E-state index in [4.69, 9.17) is 4.74 Å². The molecule has 2 aromatic rings. The van der Waals surface area contributed by atoms with E-state index in [1.807, 2.05) is 0 Å². The van der Waals surface area contributed by atoms with E-state index in [1.165, 1.54) is 0 Å². The maximum absolute atomic E-state index is 13.7. The first-order chi connectivity index (χ1) is 9.93. The zero-order chi connectivity index (χ0) is 15.5. The third kappa shape index (κ3) is 3.39. The van der Waals surface area contributed by atoms with Crippen LogP contribution in [0.25, 0.3) is 0 Å². The molecule has 0 N–H and O–H groups in total. The minimum absolute atomic E-state index is 0.0333. The first kappa shape index (κ1) is 15.0. The van der Waals surface area contributed by atoms with E-state index in [0.29, 0.717) is 5.56 Å². The van der Waals surface area contributed by atoms with Crippen LogP contribution in [0.15, 0.2) is 42.5 Å². The van der Waals surface area contributed by atoms with Crippen molar-refractivity contribution in [1.82, 2.24) is 0 Å². The van der Waals surface area contributed by atoms with Crippen LogP contribution in [0.5, 0.6) is 5.75 Å². The van der Waals surface area contributed by atoms with Crippen LogP contribution in [-0.2, 0) is 12.8 Å². The van der Waals surface area contributed by atoms with Crippen LogP contribution >= 0.6 is 0 Å². The van der Waals surface area contributed by atoms with Crippen molar-refractivity contribution in [3.8, 4) is 5.75 Å². The number of halogens is 4. The summed E-state index contributed by atoms with van der Waals surface area (Å²) >= 11 is 0. The van der Waals surface area contributed by atoms with Crippen LogP contribution in [0.4, 0.5) is 17.6 Å². The summed E-state index contributed by atoms with van der Waals surface area (Å²) in [7, 11) is 0. The summed E-state index contributed by atoms with van der Waals surface area (Å²) in [5.74, 6) is -2.27. The monoisotopic (exact) mass is 298 g/mol. The summed E-state index contributed by atoms with van der Waals surface area (Å²) in [5.41, 5.74) is -1.58. The smallest absolute Gasteiger partial charge is 0.422 e. The molecule has 21 heavy (non-hydrogen) atoms. The fourth-order valence-corrected chi connectivity index (χ4v) is 1.79. The van der Waals surface area contributed by atoms with Crippen molar-refractivity contribution >= 4 is 6.29 Å². The van der Waals surface area contributed by atoms with E-state index < -0.39 is 28.9 Å². The molecule has 0 amide bonds. The van der Waals surface area contributed by atoms with Gasteiger partial charge in [0.2, 0.25) is 0 Å². The Labute approximate surface area is 118 Å². The zero-order valence-corrected chi connectivity index (χ0v) is 10.7. The van der Waals surface area contributed by atoms with Gasteiger partial charge in [-0.2, -0.15) is 13.2 Å². The zero-order valence-electron chi connectivity index (χ0n) is 10.7. The van der Waals surface area contributed by atoms with Crippen molar-refractivity contribution in [2.75, 3.05) is 0 Å². The number of hydrogen-bond donors (Lipinski definition) is 0. The lowest BCUT2D eigenvalue weighted by Gasteiger charge is -2.15. The van der Waals surface area contributed by atoms with Crippen molar-refractivity contribution < 1.29 is 27.1 Å². The van der Waals surface area contributed by atoms with E-state index in [-0.39, 0.29) is 12.9 Å². The second-order valence-corrected chi connectivity index (χ2v) is 4.23. The summed E-state index contributed by atoms with van der Waals surface area (Å²) in [6.07, 6.45) is -4.92. The Balaban J connectivity index is 2.35. The minimum atomic E-state index is -4.95. The Bertz CT molecular complexity index is 636. The fourth-order valence-electron chi connectivity index (χ4n) is 1.79. The molecule has 0 aromatic heterocycles. The summed E-state index contributed by atoms with van der Waals surface area (Å²) < 4.78 is 57.5. The van der Waals surface area contributed by atoms with Gasteiger partial charge in [-0.1, -0.05) is 30.3 Å². The molecule has 0 aliphatic carbocycles. The van der Waals surface area contributed by atoms with Gasteiger partial charge in [0.05, 0.1) is 5.56 Å². The largest absolute Gasteiger partial charge is 0.488 e. The normalized spacial score (nSPS) is 11.2. The first-order valence-electron chi connectivity index (χ1n) is 5.95. The van der Waals surface area contributed by atoms with Gasteiger partial charge in [-0.25, -0.2) is 4.39 Å². The predicted octanol–water partition coefficient (Wildman–Crippen LogP) is 4.24. The lowest BCUT2D eigenvalue weighted by molar-refractivity contribution is -0.141. The maximum Gasteiger partial charge on any atom is 0.422 e. The molecule has 0 bridgehead atoms. The molecule has 0 aliphatic rings. The molecular formula is C15H10F4O2. The molecule has 0 fully saturated rings. The maximum atomic E-state index is 13.7. The third-order valence-electron chi connectivity index (χ3n) is 2.78. The Hall–Kier alpha value is -2.37. The number of benzene rings is 2. The average molecular weight is 298 g/mol. The molecule has 6 heteroatoms. The van der Waals surface area contributed by atoms with Crippen LogP contribution in [-0.4, -0.2) is 6.29 Å². The number of hydrogen-bond acceptors (Lipinski definition) is 2. The Morgan fingerprint density at radius 3 is 2.29 bits per heavy atom. The topological polar surface area (TPSA) is 26.3 Å². The molecule has 0 spiro atoms. The van der Waals surface area contributed by atoms with Crippen molar-refractivity contribution in [1.29, 1.82) is 0 Å². The van der Waals surface area contributed by atoms with E-state index in [9.17, 15) is 22.4 Å². The SMILES string of the molecule is O=Cc1ccc(OCc2ccccc2)c(C(F)(F)F)c1F. The Morgan fingerprint density at radius 1 is 1.05 bits per heavy atom. The highest BCUT2D eigenvalue weighted by Crippen LogP contribution is 2.39. The van der Waals surface area contributed by atoms with Crippen molar-refractivity contribution in [2.45, 2.75) is 12.8 Å². The van der Waals surface area contributed by atoms with Gasteiger partial charge in [0.1, 0.15) is 23.7 Å². The molecule has 0 saturated carbocycles. The van der Waals surface area contributed by atoms with Gasteiger partial charge in [0, 0.05) is 0 Å². The number of aldehydes is 1. The van der Waals surface area contributed by atoms with Crippen LogP contribution in [0, 0.1) is 5.82 Å². The number of ether oxygens (including phenoxy) is 1. The van der Waals surface area contributed by atoms with Gasteiger partial charge in [-0.05, 0) is 17.7 Å². The lowest BCUT2D eigenvalue weighted by atomic mass is 10.1. The molecule has 2 rings (SSSR count). The van der Waals surface area contributed by atoms with Gasteiger partial charge >= 0.3 is 6.18 Å². The summed E-state index contributed by atoms with van der Waals surface area (Å²) in [6, 6.07) is 10.4. The van der Waals surface area contributed by atoms with E-state index in [2.05, 4.69) is 0 Å². The fraction of sp³-hybridized carbons (Fsp3) is 0.133. The van der Waals surface area contributed by atoms with Gasteiger partial charge < -0.3 is 4.74 Å². The van der Waals surface area contributed by atoms with Crippen molar-refractivity contribution in [2.24, 2.45) is 0 Å². The van der Waals surface area contributed by atoms with Crippen LogP contribution < -0.4 is 4.74 Å². The van der Waals surface area contributed by atoms with Gasteiger partial charge in [0.25, 0.3) is 0 Å². The summed E-state index contributed by atoms with van der Waals surface area (Å²) in [4.78, 5) is 10.5. The van der Waals surface area contributed by atoms with Gasteiger partial charge in [-0.3, -0.25) is 4.79 Å². The molecule has 0 saturated heterocycles. The van der Waals surface area contributed by atoms with Gasteiger partial charge in [-0.15, -0.1) is 0 Å². The molecule has 0 heterocycles. The molecular weight excluding hydrogens is 288 g/mol. The van der Waals surface area contributed by atoms with E-state index >= 15 is 0 Å². The predicted molar refractivity (Wildman–Crippen MR) is 67.6 cm³/mol. The van der Waals surface area contributed by atoms with Crippen molar-refractivity contribution in [3.63, 3.8) is 0 Å². The number of alkyl halides is 3. The Kier molecular flexibility index (Phi) is 4.26. The minimum Gasteiger partial charge on any atom is -0.488 e. The summed E-state index contributed by atoms with van der Waals surface area (Å²) in [5, 5.41) is 0. The molecule has 110 valence electrons. The average Bonchev–Trinajstić information content (AvgIpc) is 2.45. The Morgan fingerprint density at radius 2 is 1.71 bits per heavy atom. The van der Waals surface area contributed by atoms with Crippen LogP contribution in [0.2, 0.25) is 0 Å². The number of carbonyl (C=O) groups excluding carboxylic acids is 1. The molecule has 2 nitrogen and oxygen atoms in total. The molecule has 0 atom stereocenters. The van der Waals surface area contributed by atoms with E-state index in [1.54, 1.807) is 30.3 Å². The highest BCUT2D eigenvalue weighted by molar-refractivity contribution is 5.76. The first-order valence-corrected chi connectivity index (χ1v) is 5.95. The highest BCUT2D eigenvalue weighted by Gasteiger charge is 2.39. The quantitative estimate of drug-likeness (QED) is 0.623. The van der Waals surface area contributed by atoms with E-state index in [0.717, 1.165) is 12.1 Å². The second-order valence-electron chi connectivity index (χ2n) is 4.23. The number of rotatable bonds is 4. The van der Waals surface area contributed by atoms with Crippen LogP contribution in [0.3, 0.4) is 0 Å². The molecule has 0 unspecified atom stereocenters.